The Balaban J connectivity index is 2.24. The Morgan fingerprint density at radius 2 is 2.05 bits per heavy atom. The maximum absolute atomic E-state index is 12.6. The normalized spacial score (nSPS) is 29.6. The molecule has 3 unspecified atom stereocenters. The van der Waals surface area contributed by atoms with E-state index >= 15 is 0 Å². The molecule has 0 radical (unpaired) electrons. The Kier molecular flexibility index (Phi) is 4.12. The summed E-state index contributed by atoms with van der Waals surface area (Å²) < 4.78 is 0. The Labute approximate surface area is 116 Å². The van der Waals surface area contributed by atoms with Crippen LogP contribution in [-0.2, 0) is 9.59 Å². The van der Waals surface area contributed by atoms with Gasteiger partial charge in [-0.1, -0.05) is 0 Å². The van der Waals surface area contributed by atoms with Gasteiger partial charge in [-0.15, -0.1) is 0 Å². The molecule has 0 bridgehead atoms. The zero-order chi connectivity index (χ0) is 14.9. The van der Waals surface area contributed by atoms with E-state index in [4.69, 9.17) is 10.9 Å². The second-order valence-corrected chi connectivity index (χ2v) is 5.24. The molecule has 2 rings (SSSR count). The number of hydrogen-bond donors (Lipinski definition) is 3. The number of fused-ring (bicyclic) bond motifs is 1. The van der Waals surface area contributed by atoms with Crippen molar-refractivity contribution in [3.8, 4) is 0 Å². The first-order valence-corrected chi connectivity index (χ1v) is 6.78. The molecule has 3 atom stereocenters. The van der Waals surface area contributed by atoms with Gasteiger partial charge in [0.1, 0.15) is 12.1 Å². The van der Waals surface area contributed by atoms with Crippen LogP contribution in [0.4, 0.5) is 4.79 Å². The lowest BCUT2D eigenvalue weighted by atomic mass is 10.1. The van der Waals surface area contributed by atoms with Gasteiger partial charge < -0.3 is 15.3 Å². The van der Waals surface area contributed by atoms with Crippen LogP contribution in [0, 0.1) is 0 Å². The van der Waals surface area contributed by atoms with Crippen LogP contribution in [0.15, 0.2) is 0 Å². The molecule has 3 amide bonds. The zero-order valence-corrected chi connectivity index (χ0v) is 11.4. The molecule has 2 fully saturated rings. The van der Waals surface area contributed by atoms with Crippen LogP contribution in [0.5, 0.6) is 0 Å². The van der Waals surface area contributed by atoms with Crippen LogP contribution >= 0.6 is 0 Å². The van der Waals surface area contributed by atoms with Crippen molar-refractivity contribution in [2.45, 2.75) is 50.2 Å². The molecule has 4 N–H and O–H groups in total. The topological polar surface area (TPSA) is 116 Å². The SMILES string of the molecule is CNC(=O)C1CCC2CCCC(N(N)C(=O)O)C(=O)N21. The van der Waals surface area contributed by atoms with E-state index in [1.807, 2.05) is 0 Å². The number of likely N-dealkylation sites (N-methyl/N-ethyl adjacent to an activating group) is 1. The van der Waals surface area contributed by atoms with Crippen LogP contribution in [0.25, 0.3) is 0 Å². The smallest absolute Gasteiger partial charge is 0.422 e. The molecule has 2 aliphatic rings. The summed E-state index contributed by atoms with van der Waals surface area (Å²) in [5.41, 5.74) is 0. The fraction of sp³-hybridized carbons (Fsp3) is 0.750. The number of carbonyl (C=O) groups excluding carboxylic acids is 2. The van der Waals surface area contributed by atoms with Gasteiger partial charge in [0.25, 0.3) is 0 Å². The molecule has 2 aliphatic heterocycles. The van der Waals surface area contributed by atoms with Gasteiger partial charge in [0.05, 0.1) is 0 Å². The highest BCUT2D eigenvalue weighted by atomic mass is 16.4. The summed E-state index contributed by atoms with van der Waals surface area (Å²) >= 11 is 0. The third-order valence-corrected chi connectivity index (χ3v) is 4.16. The summed E-state index contributed by atoms with van der Waals surface area (Å²) in [6, 6.07) is -1.40. The zero-order valence-electron chi connectivity index (χ0n) is 11.4. The van der Waals surface area contributed by atoms with Gasteiger partial charge in [0.2, 0.25) is 11.8 Å². The average molecular weight is 284 g/mol. The summed E-state index contributed by atoms with van der Waals surface area (Å²) in [5, 5.41) is 12.1. The molecule has 0 aromatic carbocycles. The molecule has 0 spiro atoms. The fourth-order valence-electron chi connectivity index (χ4n) is 3.16. The molecular formula is C12H20N4O4. The molecule has 8 heteroatoms. The first kappa shape index (κ1) is 14.6. The van der Waals surface area contributed by atoms with Gasteiger partial charge in [-0.05, 0) is 32.1 Å². The summed E-state index contributed by atoms with van der Waals surface area (Å²) in [5.74, 6) is 4.91. The number of nitrogens with zero attached hydrogens (tertiary/aromatic N) is 2. The van der Waals surface area contributed by atoms with E-state index in [9.17, 15) is 14.4 Å². The summed E-state index contributed by atoms with van der Waals surface area (Å²) in [6.07, 6.45) is 1.95. The third-order valence-electron chi connectivity index (χ3n) is 4.16. The Morgan fingerprint density at radius 1 is 1.35 bits per heavy atom. The predicted molar refractivity (Wildman–Crippen MR) is 69.4 cm³/mol. The minimum Gasteiger partial charge on any atom is -0.464 e. The quantitative estimate of drug-likeness (QED) is 0.359. The number of nitrogens with one attached hydrogen (secondary N) is 1. The second kappa shape index (κ2) is 5.66. The van der Waals surface area contributed by atoms with Crippen molar-refractivity contribution in [2.24, 2.45) is 5.84 Å². The van der Waals surface area contributed by atoms with Gasteiger partial charge in [-0.2, -0.15) is 0 Å². The van der Waals surface area contributed by atoms with E-state index in [0.29, 0.717) is 17.9 Å². The third kappa shape index (κ3) is 2.43. The van der Waals surface area contributed by atoms with E-state index in [-0.39, 0.29) is 17.9 Å². The Hall–Kier alpha value is -1.83. The number of hydrogen-bond acceptors (Lipinski definition) is 4. The van der Waals surface area contributed by atoms with Gasteiger partial charge in [0, 0.05) is 13.1 Å². The number of rotatable bonds is 2. The molecule has 0 aromatic heterocycles. The maximum atomic E-state index is 12.6. The molecule has 0 saturated carbocycles. The molecule has 112 valence electrons. The monoisotopic (exact) mass is 284 g/mol. The number of amides is 3. The van der Waals surface area contributed by atoms with Gasteiger partial charge in [-0.25, -0.2) is 15.6 Å². The maximum Gasteiger partial charge on any atom is 0.422 e. The second-order valence-electron chi connectivity index (χ2n) is 5.24. The molecular weight excluding hydrogens is 264 g/mol. The van der Waals surface area contributed by atoms with E-state index in [1.54, 1.807) is 4.90 Å². The van der Waals surface area contributed by atoms with Crippen LogP contribution in [0.2, 0.25) is 0 Å². The van der Waals surface area contributed by atoms with Crippen molar-refractivity contribution in [1.29, 1.82) is 0 Å². The molecule has 2 heterocycles. The summed E-state index contributed by atoms with van der Waals surface area (Å²) in [7, 11) is 1.53. The van der Waals surface area contributed by atoms with Crippen molar-refractivity contribution >= 4 is 17.9 Å². The standard InChI is InChI=1S/C12H20N4O4/c1-14-10(17)8-6-5-7-3-2-4-9(11(18)15(7)8)16(13)12(19)20/h7-9H,2-6,13H2,1H3,(H,14,17)(H,19,20). The number of carboxylic acid groups (broad SMARTS) is 1. The molecule has 20 heavy (non-hydrogen) atoms. The lowest BCUT2D eigenvalue weighted by Crippen LogP contribution is -2.57. The highest BCUT2D eigenvalue weighted by molar-refractivity contribution is 5.92. The van der Waals surface area contributed by atoms with Gasteiger partial charge in [0.15, 0.2) is 0 Å². The predicted octanol–water partition coefficient (Wildman–Crippen LogP) is -0.502. The van der Waals surface area contributed by atoms with E-state index in [1.165, 1.54) is 7.05 Å². The molecule has 0 aromatic rings. The fourth-order valence-corrected chi connectivity index (χ4v) is 3.16. The largest absolute Gasteiger partial charge is 0.464 e. The first-order chi connectivity index (χ1) is 9.47. The van der Waals surface area contributed by atoms with Crippen molar-refractivity contribution in [3.63, 3.8) is 0 Å². The Morgan fingerprint density at radius 3 is 2.65 bits per heavy atom. The lowest BCUT2D eigenvalue weighted by molar-refractivity contribution is -0.143. The van der Waals surface area contributed by atoms with Crippen LogP contribution < -0.4 is 11.2 Å². The molecule has 2 saturated heterocycles. The summed E-state index contributed by atoms with van der Waals surface area (Å²) in [6.45, 7) is 0. The number of hydrazine groups is 1. The Bertz CT molecular complexity index is 428. The van der Waals surface area contributed by atoms with E-state index in [2.05, 4.69) is 5.32 Å². The van der Waals surface area contributed by atoms with Gasteiger partial charge >= 0.3 is 6.09 Å². The van der Waals surface area contributed by atoms with Crippen LogP contribution in [0.1, 0.15) is 32.1 Å². The molecule has 8 nitrogen and oxygen atoms in total. The minimum absolute atomic E-state index is 0.0111. The van der Waals surface area contributed by atoms with E-state index in [0.717, 1.165) is 19.3 Å². The van der Waals surface area contributed by atoms with Crippen LogP contribution in [-0.4, -0.2) is 58.1 Å². The van der Waals surface area contributed by atoms with Crippen molar-refractivity contribution < 1.29 is 19.5 Å². The van der Waals surface area contributed by atoms with Crippen molar-refractivity contribution in [3.05, 3.63) is 0 Å². The van der Waals surface area contributed by atoms with Crippen molar-refractivity contribution in [2.75, 3.05) is 7.05 Å². The first-order valence-electron chi connectivity index (χ1n) is 6.78. The minimum atomic E-state index is -1.34. The van der Waals surface area contributed by atoms with Crippen LogP contribution in [0.3, 0.4) is 0 Å². The number of nitrogens with two attached hydrogens (primary N) is 1. The number of carbonyl (C=O) groups is 3. The highest BCUT2D eigenvalue weighted by Gasteiger charge is 2.45. The van der Waals surface area contributed by atoms with Gasteiger partial charge in [-0.3, -0.25) is 9.59 Å². The highest BCUT2D eigenvalue weighted by Crippen LogP contribution is 2.32. The average Bonchev–Trinajstić information content (AvgIpc) is 2.78. The van der Waals surface area contributed by atoms with Crippen molar-refractivity contribution in [1.82, 2.24) is 15.2 Å². The van der Waals surface area contributed by atoms with E-state index < -0.39 is 18.2 Å². The molecule has 0 aliphatic carbocycles. The lowest BCUT2D eigenvalue weighted by Gasteiger charge is -2.32. The summed E-state index contributed by atoms with van der Waals surface area (Å²) in [4.78, 5) is 36.9.